The highest BCUT2D eigenvalue weighted by molar-refractivity contribution is 5.58. The van der Waals surface area contributed by atoms with Crippen molar-refractivity contribution in [1.29, 1.82) is 0 Å². The van der Waals surface area contributed by atoms with Gasteiger partial charge in [0, 0.05) is 0 Å². The molecular weight excluding hydrogens is 90.1 g/mol. The Hall–Kier alpha value is -0.630. The molecule has 0 fully saturated rings. The lowest BCUT2D eigenvalue weighted by molar-refractivity contribution is 0.542. The van der Waals surface area contributed by atoms with Crippen LogP contribution in [0, 0.1) is 0 Å². The van der Waals surface area contributed by atoms with Gasteiger partial charge in [-0.25, -0.2) is 0 Å². The maximum absolute atomic E-state index is 9.60. The van der Waals surface area contributed by atoms with Gasteiger partial charge in [0.05, 0.1) is 6.04 Å². The number of hydrogen-bond donors (Lipinski definition) is 1. The summed E-state index contributed by atoms with van der Waals surface area (Å²) in [7, 11) is 0. The molecular formula is C5H8NO. The monoisotopic (exact) mass is 98.1 g/mol. The molecule has 0 bridgehead atoms. The Morgan fingerprint density at radius 3 is 2.71 bits per heavy atom. The lowest BCUT2D eigenvalue weighted by atomic mass is 10.2. The molecule has 0 aromatic rings. The summed E-state index contributed by atoms with van der Waals surface area (Å²) in [4.78, 5) is 9.60. The molecule has 1 radical (unpaired) electrons. The SMILES string of the molecule is C=CCC(N)[C]=O. The molecule has 0 saturated carbocycles. The van der Waals surface area contributed by atoms with E-state index in [0.717, 1.165) is 0 Å². The van der Waals surface area contributed by atoms with Crippen LogP contribution in [0.15, 0.2) is 12.7 Å². The zero-order valence-corrected chi connectivity index (χ0v) is 4.05. The Labute approximate surface area is 43.0 Å². The first kappa shape index (κ1) is 6.37. The molecule has 0 aromatic heterocycles. The van der Waals surface area contributed by atoms with E-state index in [9.17, 15) is 4.79 Å². The minimum absolute atomic E-state index is 0.475. The highest BCUT2D eigenvalue weighted by Crippen LogP contribution is 1.80. The van der Waals surface area contributed by atoms with E-state index in [1.165, 1.54) is 0 Å². The fourth-order valence-electron chi connectivity index (χ4n) is 0.228. The van der Waals surface area contributed by atoms with Crippen molar-refractivity contribution in [1.82, 2.24) is 0 Å². The van der Waals surface area contributed by atoms with Gasteiger partial charge in [-0.3, -0.25) is 4.79 Å². The van der Waals surface area contributed by atoms with Crippen molar-refractivity contribution in [2.45, 2.75) is 12.5 Å². The standard InChI is InChI=1S/C5H8NO/c1-2-3-5(6)4-7/h2,5H,1,3,6H2. The van der Waals surface area contributed by atoms with Crippen molar-refractivity contribution in [2.24, 2.45) is 5.73 Å². The van der Waals surface area contributed by atoms with Crippen LogP contribution < -0.4 is 5.73 Å². The molecule has 0 aliphatic rings. The van der Waals surface area contributed by atoms with Crippen LogP contribution in [0.5, 0.6) is 0 Å². The zero-order chi connectivity index (χ0) is 5.70. The molecule has 2 nitrogen and oxygen atoms in total. The van der Waals surface area contributed by atoms with Gasteiger partial charge in [0.15, 0.2) is 0 Å². The molecule has 39 valence electrons. The Kier molecular flexibility index (Phi) is 3.24. The smallest absolute Gasteiger partial charge is 0.216 e. The van der Waals surface area contributed by atoms with E-state index in [1.807, 2.05) is 0 Å². The number of carbonyl (C=O) groups excluding carboxylic acids is 1. The summed E-state index contributed by atoms with van der Waals surface area (Å²) in [6.45, 7) is 3.39. The van der Waals surface area contributed by atoms with Gasteiger partial charge < -0.3 is 5.73 Å². The van der Waals surface area contributed by atoms with Gasteiger partial charge in [0.2, 0.25) is 6.29 Å². The second-order valence-corrected chi connectivity index (χ2v) is 1.25. The van der Waals surface area contributed by atoms with Gasteiger partial charge in [-0.15, -0.1) is 6.58 Å². The molecule has 0 aromatic carbocycles. The normalized spacial score (nSPS) is 12.7. The molecule has 7 heavy (non-hydrogen) atoms. The molecule has 1 unspecified atom stereocenters. The van der Waals surface area contributed by atoms with Gasteiger partial charge in [-0.05, 0) is 6.42 Å². The predicted molar refractivity (Wildman–Crippen MR) is 28.5 cm³/mol. The van der Waals surface area contributed by atoms with E-state index >= 15 is 0 Å². The van der Waals surface area contributed by atoms with Crippen LogP contribution in [0.2, 0.25) is 0 Å². The Bertz CT molecular complexity index is 70.5. The maximum Gasteiger partial charge on any atom is 0.216 e. The topological polar surface area (TPSA) is 43.1 Å². The van der Waals surface area contributed by atoms with Crippen LogP contribution in [0.25, 0.3) is 0 Å². The molecule has 2 N–H and O–H groups in total. The van der Waals surface area contributed by atoms with E-state index in [-0.39, 0.29) is 0 Å². The number of hydrogen-bond acceptors (Lipinski definition) is 2. The summed E-state index contributed by atoms with van der Waals surface area (Å²) >= 11 is 0. The molecule has 0 heterocycles. The van der Waals surface area contributed by atoms with Crippen molar-refractivity contribution in [3.05, 3.63) is 12.7 Å². The minimum atomic E-state index is -0.475. The predicted octanol–water partition coefficient (Wildman–Crippen LogP) is -0.000500. The lowest BCUT2D eigenvalue weighted by Crippen LogP contribution is -2.19. The fraction of sp³-hybridized carbons (Fsp3) is 0.400. The number of nitrogens with two attached hydrogens (primary N) is 1. The van der Waals surface area contributed by atoms with E-state index in [2.05, 4.69) is 6.58 Å². The molecule has 1 atom stereocenters. The van der Waals surface area contributed by atoms with Crippen molar-refractivity contribution in [3.63, 3.8) is 0 Å². The third-order valence-corrected chi connectivity index (χ3v) is 0.572. The van der Waals surface area contributed by atoms with Crippen LogP contribution in [0.4, 0.5) is 0 Å². The highest BCUT2D eigenvalue weighted by Gasteiger charge is 1.93. The third kappa shape index (κ3) is 3.19. The van der Waals surface area contributed by atoms with Crippen LogP contribution in [0.3, 0.4) is 0 Å². The van der Waals surface area contributed by atoms with Crippen LogP contribution in [-0.2, 0) is 4.79 Å². The highest BCUT2D eigenvalue weighted by atomic mass is 16.1. The quantitative estimate of drug-likeness (QED) is 0.505. The first-order chi connectivity index (χ1) is 3.31. The van der Waals surface area contributed by atoms with E-state index in [4.69, 9.17) is 5.73 Å². The Balaban J connectivity index is 3.15. The summed E-state index contributed by atoms with van der Waals surface area (Å²) in [5, 5.41) is 0. The Morgan fingerprint density at radius 2 is 2.57 bits per heavy atom. The zero-order valence-electron chi connectivity index (χ0n) is 4.05. The van der Waals surface area contributed by atoms with E-state index in [0.29, 0.717) is 6.42 Å². The molecule has 2 heteroatoms. The van der Waals surface area contributed by atoms with Crippen molar-refractivity contribution >= 4 is 6.29 Å². The van der Waals surface area contributed by atoms with Gasteiger partial charge in [-0.2, -0.15) is 0 Å². The van der Waals surface area contributed by atoms with Crippen LogP contribution >= 0.6 is 0 Å². The molecule has 0 rings (SSSR count). The van der Waals surface area contributed by atoms with E-state index < -0.39 is 6.04 Å². The lowest BCUT2D eigenvalue weighted by Gasteiger charge is -1.91. The van der Waals surface area contributed by atoms with Gasteiger partial charge in [0.1, 0.15) is 0 Å². The summed E-state index contributed by atoms with van der Waals surface area (Å²) in [6, 6.07) is -0.475. The largest absolute Gasteiger partial charge is 0.321 e. The second kappa shape index (κ2) is 3.56. The maximum atomic E-state index is 9.60. The van der Waals surface area contributed by atoms with Crippen molar-refractivity contribution in [3.8, 4) is 0 Å². The molecule has 0 saturated heterocycles. The summed E-state index contributed by atoms with van der Waals surface area (Å²) in [6.07, 6.45) is 3.73. The average molecular weight is 98.1 g/mol. The van der Waals surface area contributed by atoms with Crippen LogP contribution in [-0.4, -0.2) is 12.3 Å². The Morgan fingerprint density at radius 1 is 2.00 bits per heavy atom. The van der Waals surface area contributed by atoms with Crippen molar-refractivity contribution in [2.75, 3.05) is 0 Å². The molecule has 0 aliphatic carbocycles. The van der Waals surface area contributed by atoms with E-state index in [1.54, 1.807) is 12.4 Å². The molecule has 0 aliphatic heterocycles. The summed E-state index contributed by atoms with van der Waals surface area (Å²) in [5.41, 5.74) is 5.09. The number of rotatable bonds is 3. The molecule has 0 amide bonds. The van der Waals surface area contributed by atoms with Gasteiger partial charge >= 0.3 is 0 Å². The average Bonchev–Trinajstić information content (AvgIpc) is 1.68. The fourth-order valence-corrected chi connectivity index (χ4v) is 0.228. The van der Waals surface area contributed by atoms with Gasteiger partial charge in [-0.1, -0.05) is 6.08 Å². The first-order valence-corrected chi connectivity index (χ1v) is 2.05. The summed E-state index contributed by atoms with van der Waals surface area (Å²) < 4.78 is 0. The third-order valence-electron chi connectivity index (χ3n) is 0.572. The summed E-state index contributed by atoms with van der Waals surface area (Å²) in [5.74, 6) is 0. The first-order valence-electron chi connectivity index (χ1n) is 2.05. The minimum Gasteiger partial charge on any atom is -0.321 e. The second-order valence-electron chi connectivity index (χ2n) is 1.25. The van der Waals surface area contributed by atoms with Crippen LogP contribution in [0.1, 0.15) is 6.42 Å². The van der Waals surface area contributed by atoms with Gasteiger partial charge in [0.25, 0.3) is 0 Å². The van der Waals surface area contributed by atoms with Crippen molar-refractivity contribution < 1.29 is 4.79 Å². The molecule has 0 spiro atoms.